The molecule has 1 N–H and O–H groups in total. The van der Waals surface area contributed by atoms with Crippen LogP contribution in [0.3, 0.4) is 0 Å². The molecule has 202 valence electrons. The van der Waals surface area contributed by atoms with Crippen molar-refractivity contribution < 1.29 is 23.8 Å². The highest BCUT2D eigenvalue weighted by molar-refractivity contribution is 6.42. The van der Waals surface area contributed by atoms with Gasteiger partial charge in [-0.05, 0) is 37.1 Å². The number of nitrogens with zero attached hydrogens (tertiary/aromatic N) is 1. The number of nitrogens with one attached hydrogen (secondary N) is 1. The molecule has 3 rings (SSSR count). The van der Waals surface area contributed by atoms with Crippen molar-refractivity contribution in [1.29, 1.82) is 0 Å². The third-order valence-electron chi connectivity index (χ3n) is 5.73. The smallest absolute Gasteiger partial charge is 0.261 e. The molecule has 1 atom stereocenters. The Balaban J connectivity index is 1.94. The topological polar surface area (TPSA) is 77.1 Å². The Kier molecular flexibility index (Phi) is 10.7. The van der Waals surface area contributed by atoms with Crippen molar-refractivity contribution in [3.8, 4) is 17.2 Å². The molecule has 0 heterocycles. The van der Waals surface area contributed by atoms with Crippen molar-refractivity contribution in [2.45, 2.75) is 38.9 Å². The molecule has 0 saturated carbocycles. The summed E-state index contributed by atoms with van der Waals surface area (Å²) in [5.74, 6) is 0.809. The Labute approximate surface area is 233 Å². The molecular weight excluding hydrogens is 527 g/mol. The first-order valence-electron chi connectivity index (χ1n) is 12.1. The van der Waals surface area contributed by atoms with Gasteiger partial charge >= 0.3 is 0 Å². The van der Waals surface area contributed by atoms with Crippen LogP contribution in [0, 0.1) is 0 Å². The second-order valence-corrected chi connectivity index (χ2v) is 9.79. The van der Waals surface area contributed by atoms with Gasteiger partial charge in [-0.25, -0.2) is 0 Å². The van der Waals surface area contributed by atoms with E-state index < -0.39 is 6.04 Å². The van der Waals surface area contributed by atoms with E-state index >= 15 is 0 Å². The molecule has 3 aromatic rings. The molecule has 0 radical (unpaired) electrons. The highest BCUT2D eigenvalue weighted by Crippen LogP contribution is 2.28. The maximum Gasteiger partial charge on any atom is 0.261 e. The molecule has 0 bridgehead atoms. The largest absolute Gasteiger partial charge is 0.496 e. The summed E-state index contributed by atoms with van der Waals surface area (Å²) >= 11 is 12.4. The standard InChI is InChI=1S/C29H32Cl2N2O5/c1-19(2)32-29(35)27(13-20-8-6-5-7-9-20)33(17-21-10-11-25(30)26(31)12-21)28(34)18-38-24-15-22(36-3)14-23(16-24)37-4/h5-12,14-16,19,27H,13,17-18H2,1-4H3,(H,32,35)/t27-/m0/s1. The fourth-order valence-corrected chi connectivity index (χ4v) is 4.18. The van der Waals surface area contributed by atoms with E-state index in [2.05, 4.69) is 5.32 Å². The SMILES string of the molecule is COc1cc(OC)cc(OCC(=O)N(Cc2ccc(Cl)c(Cl)c2)[C@@H](Cc2ccccc2)C(=O)NC(C)C)c1. The first-order valence-corrected chi connectivity index (χ1v) is 12.9. The Bertz CT molecular complexity index is 1210. The average molecular weight is 559 g/mol. The summed E-state index contributed by atoms with van der Waals surface area (Å²) in [6, 6.07) is 18.8. The molecule has 0 saturated heterocycles. The number of hydrogen-bond donors (Lipinski definition) is 1. The van der Waals surface area contributed by atoms with Crippen molar-refractivity contribution in [2.24, 2.45) is 0 Å². The summed E-state index contributed by atoms with van der Waals surface area (Å²) < 4.78 is 16.4. The molecule has 0 unspecified atom stereocenters. The highest BCUT2D eigenvalue weighted by atomic mass is 35.5. The third kappa shape index (κ3) is 8.30. The molecular formula is C29H32Cl2N2O5. The summed E-state index contributed by atoms with van der Waals surface area (Å²) in [5.41, 5.74) is 1.65. The van der Waals surface area contributed by atoms with Gasteiger partial charge in [0.15, 0.2) is 6.61 Å². The van der Waals surface area contributed by atoms with Crippen molar-refractivity contribution in [1.82, 2.24) is 10.2 Å². The van der Waals surface area contributed by atoms with E-state index in [-0.39, 0.29) is 31.0 Å². The van der Waals surface area contributed by atoms with E-state index in [0.717, 1.165) is 11.1 Å². The van der Waals surface area contributed by atoms with Crippen LogP contribution in [-0.2, 0) is 22.6 Å². The lowest BCUT2D eigenvalue weighted by atomic mass is 10.0. The molecule has 0 spiro atoms. The molecule has 0 aliphatic rings. The summed E-state index contributed by atoms with van der Waals surface area (Å²) in [5, 5.41) is 3.72. The van der Waals surface area contributed by atoms with Gasteiger partial charge in [-0.3, -0.25) is 9.59 Å². The second-order valence-electron chi connectivity index (χ2n) is 8.98. The molecule has 0 aliphatic heterocycles. The van der Waals surface area contributed by atoms with Crippen LogP contribution in [0.25, 0.3) is 0 Å². The number of carbonyl (C=O) groups excluding carboxylic acids is 2. The van der Waals surface area contributed by atoms with Gasteiger partial charge in [-0.1, -0.05) is 59.6 Å². The lowest BCUT2D eigenvalue weighted by molar-refractivity contribution is -0.143. The van der Waals surface area contributed by atoms with Crippen LogP contribution in [0.4, 0.5) is 0 Å². The van der Waals surface area contributed by atoms with Gasteiger partial charge in [0.2, 0.25) is 5.91 Å². The quantitative estimate of drug-likeness (QED) is 0.315. The number of halogens is 2. The lowest BCUT2D eigenvalue weighted by Gasteiger charge is -2.32. The number of methoxy groups -OCH3 is 2. The maximum absolute atomic E-state index is 13.7. The molecule has 9 heteroatoms. The van der Waals surface area contributed by atoms with Crippen LogP contribution in [0.2, 0.25) is 10.0 Å². The van der Waals surface area contributed by atoms with Gasteiger partial charge in [0, 0.05) is 37.2 Å². The predicted octanol–water partition coefficient (Wildman–Crippen LogP) is 5.55. The van der Waals surface area contributed by atoms with Gasteiger partial charge in [0.05, 0.1) is 24.3 Å². The number of carbonyl (C=O) groups is 2. The lowest BCUT2D eigenvalue weighted by Crippen LogP contribution is -2.52. The van der Waals surface area contributed by atoms with Gasteiger partial charge < -0.3 is 24.4 Å². The molecule has 0 aliphatic carbocycles. The van der Waals surface area contributed by atoms with Crippen molar-refractivity contribution in [3.05, 3.63) is 87.9 Å². The molecule has 0 fully saturated rings. The van der Waals surface area contributed by atoms with E-state index in [9.17, 15) is 9.59 Å². The Morgan fingerprint density at radius 2 is 1.47 bits per heavy atom. The van der Waals surface area contributed by atoms with E-state index in [1.54, 1.807) is 36.4 Å². The third-order valence-corrected chi connectivity index (χ3v) is 6.47. The van der Waals surface area contributed by atoms with E-state index in [1.807, 2.05) is 44.2 Å². The zero-order valence-electron chi connectivity index (χ0n) is 21.9. The average Bonchev–Trinajstić information content (AvgIpc) is 2.91. The maximum atomic E-state index is 13.7. The first-order chi connectivity index (χ1) is 18.2. The van der Waals surface area contributed by atoms with Crippen LogP contribution in [0.5, 0.6) is 17.2 Å². The monoisotopic (exact) mass is 558 g/mol. The minimum atomic E-state index is -0.801. The minimum absolute atomic E-state index is 0.108. The first kappa shape index (κ1) is 29.1. The van der Waals surface area contributed by atoms with Crippen LogP contribution >= 0.6 is 23.2 Å². The second kappa shape index (κ2) is 13.9. The summed E-state index contributed by atoms with van der Waals surface area (Å²) in [6.07, 6.45) is 0.319. The number of amides is 2. The van der Waals surface area contributed by atoms with Crippen molar-refractivity contribution >= 4 is 35.0 Å². The Morgan fingerprint density at radius 1 is 0.842 bits per heavy atom. The van der Waals surface area contributed by atoms with Crippen molar-refractivity contribution in [3.63, 3.8) is 0 Å². The van der Waals surface area contributed by atoms with Crippen LogP contribution in [0.1, 0.15) is 25.0 Å². The summed E-state index contributed by atoms with van der Waals surface area (Å²) in [7, 11) is 3.06. The predicted molar refractivity (Wildman–Crippen MR) is 149 cm³/mol. The van der Waals surface area contributed by atoms with Crippen LogP contribution in [-0.4, -0.2) is 49.6 Å². The minimum Gasteiger partial charge on any atom is -0.496 e. The molecule has 2 amide bonds. The Hall–Kier alpha value is -3.42. The summed E-state index contributed by atoms with van der Waals surface area (Å²) in [6.45, 7) is 3.57. The highest BCUT2D eigenvalue weighted by Gasteiger charge is 2.31. The fraction of sp³-hybridized carbons (Fsp3) is 0.310. The number of benzene rings is 3. The molecule has 3 aromatic carbocycles. The van der Waals surface area contributed by atoms with Crippen LogP contribution < -0.4 is 19.5 Å². The van der Waals surface area contributed by atoms with Gasteiger partial charge in [0.25, 0.3) is 5.91 Å². The summed E-state index contributed by atoms with van der Waals surface area (Å²) in [4.78, 5) is 28.6. The Morgan fingerprint density at radius 3 is 2.05 bits per heavy atom. The zero-order valence-corrected chi connectivity index (χ0v) is 23.4. The van der Waals surface area contributed by atoms with E-state index in [0.29, 0.717) is 33.7 Å². The van der Waals surface area contributed by atoms with Gasteiger partial charge in [-0.2, -0.15) is 0 Å². The van der Waals surface area contributed by atoms with E-state index in [4.69, 9.17) is 37.4 Å². The number of hydrogen-bond acceptors (Lipinski definition) is 5. The molecule has 7 nitrogen and oxygen atoms in total. The van der Waals surface area contributed by atoms with Gasteiger partial charge in [-0.15, -0.1) is 0 Å². The molecule has 38 heavy (non-hydrogen) atoms. The molecule has 0 aromatic heterocycles. The normalized spacial score (nSPS) is 11.6. The van der Waals surface area contributed by atoms with Crippen LogP contribution in [0.15, 0.2) is 66.7 Å². The number of ether oxygens (including phenoxy) is 3. The zero-order chi connectivity index (χ0) is 27.7. The van der Waals surface area contributed by atoms with Gasteiger partial charge in [0.1, 0.15) is 23.3 Å². The van der Waals surface area contributed by atoms with Crippen molar-refractivity contribution in [2.75, 3.05) is 20.8 Å². The fourth-order valence-electron chi connectivity index (χ4n) is 3.86. The van der Waals surface area contributed by atoms with E-state index in [1.165, 1.54) is 19.1 Å². The number of rotatable bonds is 12.